The van der Waals surface area contributed by atoms with Gasteiger partial charge in [-0.15, -0.1) is 5.54 Å². The fraction of sp³-hybridized carbons (Fsp3) is 0.432. The molecular weight excluding hydrogens is 605 g/mol. The highest BCUT2D eigenvalue weighted by atomic mass is 28.3. The molecule has 4 rings (SSSR count). The second-order valence-electron chi connectivity index (χ2n) is 13.2. The molecule has 0 radical (unpaired) electrons. The van der Waals surface area contributed by atoms with E-state index < -0.39 is 8.07 Å². The molecule has 0 atom stereocenters. The van der Waals surface area contributed by atoms with E-state index in [9.17, 15) is 4.79 Å². The zero-order chi connectivity index (χ0) is 34.5. The molecule has 2 aromatic heterocycles. The molecule has 47 heavy (non-hydrogen) atoms. The topological polar surface area (TPSA) is 84.8 Å². The van der Waals surface area contributed by atoms with Crippen molar-refractivity contribution in [2.24, 2.45) is 0 Å². The fourth-order valence-corrected chi connectivity index (χ4v) is 11.7. The molecule has 0 fully saturated rings. The molecule has 0 aliphatic rings. The summed E-state index contributed by atoms with van der Waals surface area (Å²) in [6.45, 7) is 15.6. The number of nitrogens with zero attached hydrogens (tertiary/aromatic N) is 5. The molecule has 0 saturated carbocycles. The van der Waals surface area contributed by atoms with Crippen LogP contribution in [0.15, 0.2) is 59.5 Å². The van der Waals surface area contributed by atoms with Crippen LogP contribution in [0.1, 0.15) is 47.1 Å². The van der Waals surface area contributed by atoms with Gasteiger partial charge >= 0.3 is 0 Å². The fourth-order valence-electron chi connectivity index (χ4n) is 6.49. The van der Waals surface area contributed by atoms with Gasteiger partial charge in [0.15, 0.2) is 5.65 Å². The van der Waals surface area contributed by atoms with Gasteiger partial charge in [0.1, 0.15) is 19.6 Å². The number of pyridine rings is 1. The third-order valence-corrected chi connectivity index (χ3v) is 15.4. The Hall–Kier alpha value is -4.33. The Morgan fingerprint density at radius 2 is 1.55 bits per heavy atom. The van der Waals surface area contributed by atoms with Crippen molar-refractivity contribution < 1.29 is 9.47 Å². The van der Waals surface area contributed by atoms with Gasteiger partial charge in [-0.2, -0.15) is 4.98 Å². The van der Waals surface area contributed by atoms with Crippen molar-refractivity contribution in [1.29, 1.82) is 0 Å². The average Bonchev–Trinajstić information content (AvgIpc) is 3.03. The van der Waals surface area contributed by atoms with Crippen molar-refractivity contribution in [3.8, 4) is 28.7 Å². The summed E-state index contributed by atoms with van der Waals surface area (Å²) in [6.07, 6.45) is 1.76. The Kier molecular flexibility index (Phi) is 11.4. The summed E-state index contributed by atoms with van der Waals surface area (Å²) in [7, 11) is 7.33. The standard InChI is InChI=1S/C37H50N6O3Si/c1-25(2)47(26(3)4,27(5)6)21-18-28-22-35(44)43(33-17-16-31(45-10)23-34(33)46-11)36-32(28)24-38-37(40-36)39-29-12-14-30(15-13-29)42(9)20-19-41(7)8/h12-17,22-27H,19-20H2,1-11H3,(H,38,39,40). The molecule has 0 aliphatic heterocycles. The number of ether oxygens (including phenoxy) is 2. The molecule has 2 aromatic carbocycles. The van der Waals surface area contributed by atoms with Gasteiger partial charge < -0.3 is 24.6 Å². The maximum absolute atomic E-state index is 14.0. The van der Waals surface area contributed by atoms with Crippen LogP contribution in [0.2, 0.25) is 16.6 Å². The van der Waals surface area contributed by atoms with E-state index in [0.29, 0.717) is 56.4 Å². The largest absolute Gasteiger partial charge is 0.497 e. The lowest BCUT2D eigenvalue weighted by atomic mass is 10.1. The van der Waals surface area contributed by atoms with Gasteiger partial charge in [0.05, 0.1) is 25.3 Å². The van der Waals surface area contributed by atoms with E-state index in [4.69, 9.17) is 19.4 Å². The SMILES string of the molecule is COc1ccc(-n2c(=O)cc(C#C[Si](C(C)C)(C(C)C)C(C)C)c3cnc(Nc4ccc(N(C)CCN(C)C)cc4)nc32)c(OC)c1. The van der Waals surface area contributed by atoms with Gasteiger partial charge in [0, 0.05) is 55.4 Å². The number of benzene rings is 2. The first-order chi connectivity index (χ1) is 22.3. The van der Waals surface area contributed by atoms with Crippen LogP contribution >= 0.6 is 0 Å². The van der Waals surface area contributed by atoms with Crippen LogP contribution in [0.25, 0.3) is 16.7 Å². The van der Waals surface area contributed by atoms with Crippen molar-refractivity contribution in [1.82, 2.24) is 19.4 Å². The number of aromatic nitrogens is 3. The summed E-state index contributed by atoms with van der Waals surface area (Å²) >= 11 is 0. The first kappa shape index (κ1) is 35.5. The molecule has 0 spiro atoms. The number of anilines is 3. The highest BCUT2D eigenvalue weighted by Crippen LogP contribution is 2.41. The van der Waals surface area contributed by atoms with E-state index in [1.165, 1.54) is 0 Å². The Balaban J connectivity index is 1.87. The van der Waals surface area contributed by atoms with E-state index in [1.54, 1.807) is 49.2 Å². The normalized spacial score (nSPS) is 11.7. The minimum absolute atomic E-state index is 0.258. The van der Waals surface area contributed by atoms with Gasteiger partial charge in [0.25, 0.3) is 5.56 Å². The van der Waals surface area contributed by atoms with Crippen LogP contribution < -0.4 is 25.2 Å². The van der Waals surface area contributed by atoms with Crippen LogP contribution in [0, 0.1) is 11.5 Å². The molecule has 4 aromatic rings. The predicted octanol–water partition coefficient (Wildman–Crippen LogP) is 7.11. The monoisotopic (exact) mass is 654 g/mol. The first-order valence-electron chi connectivity index (χ1n) is 16.2. The van der Waals surface area contributed by atoms with E-state index in [-0.39, 0.29) is 5.56 Å². The number of rotatable bonds is 12. The summed E-state index contributed by atoms with van der Waals surface area (Å²) < 4.78 is 12.7. The molecule has 0 unspecified atom stereocenters. The zero-order valence-corrected chi connectivity index (χ0v) is 30.8. The molecule has 0 saturated heterocycles. The summed E-state index contributed by atoms with van der Waals surface area (Å²) in [5.41, 5.74) is 8.44. The second kappa shape index (κ2) is 15.0. The Bertz CT molecular complexity index is 1780. The average molecular weight is 655 g/mol. The minimum Gasteiger partial charge on any atom is -0.497 e. The van der Waals surface area contributed by atoms with E-state index >= 15 is 0 Å². The molecule has 9 nitrogen and oxygen atoms in total. The van der Waals surface area contributed by atoms with Crippen molar-refractivity contribution in [3.63, 3.8) is 0 Å². The molecule has 0 bridgehead atoms. The number of hydrogen-bond acceptors (Lipinski definition) is 8. The predicted molar refractivity (Wildman–Crippen MR) is 198 cm³/mol. The summed E-state index contributed by atoms with van der Waals surface area (Å²) in [5, 5.41) is 4.03. The Morgan fingerprint density at radius 1 is 0.894 bits per heavy atom. The highest BCUT2D eigenvalue weighted by Gasteiger charge is 2.41. The molecule has 0 aliphatic carbocycles. The molecule has 1 N–H and O–H groups in total. The van der Waals surface area contributed by atoms with Gasteiger partial charge in [-0.3, -0.25) is 9.36 Å². The number of hydrogen-bond donors (Lipinski definition) is 1. The van der Waals surface area contributed by atoms with Crippen LogP contribution in [0.5, 0.6) is 11.5 Å². The molecular formula is C37H50N6O3Si. The molecule has 250 valence electrons. The number of likely N-dealkylation sites (N-methyl/N-ethyl adjacent to an activating group) is 2. The van der Waals surface area contributed by atoms with E-state index in [1.807, 2.05) is 12.1 Å². The first-order valence-corrected chi connectivity index (χ1v) is 18.5. The highest BCUT2D eigenvalue weighted by molar-refractivity contribution is 6.90. The maximum atomic E-state index is 14.0. The molecule has 10 heteroatoms. The zero-order valence-electron chi connectivity index (χ0n) is 29.8. The van der Waals surface area contributed by atoms with Crippen LogP contribution in [-0.4, -0.2) is 76.0 Å². The van der Waals surface area contributed by atoms with Crippen molar-refractivity contribution in [2.75, 3.05) is 58.7 Å². The van der Waals surface area contributed by atoms with Gasteiger partial charge in [-0.05, 0) is 67.1 Å². The number of nitrogens with one attached hydrogen (secondary N) is 1. The van der Waals surface area contributed by atoms with Crippen LogP contribution in [-0.2, 0) is 0 Å². The van der Waals surface area contributed by atoms with Crippen molar-refractivity contribution in [3.05, 3.63) is 70.6 Å². The maximum Gasteiger partial charge on any atom is 0.258 e. The summed E-state index contributed by atoms with van der Waals surface area (Å²) in [4.78, 5) is 28.0. The Labute approximate surface area is 281 Å². The lowest BCUT2D eigenvalue weighted by Gasteiger charge is -2.38. The lowest BCUT2D eigenvalue weighted by Crippen LogP contribution is -2.43. The van der Waals surface area contributed by atoms with Crippen molar-refractivity contribution in [2.45, 2.75) is 58.2 Å². The van der Waals surface area contributed by atoms with Gasteiger partial charge in [0.2, 0.25) is 5.95 Å². The van der Waals surface area contributed by atoms with Gasteiger partial charge in [-0.1, -0.05) is 47.5 Å². The number of fused-ring (bicyclic) bond motifs is 1. The third kappa shape index (κ3) is 7.63. The van der Waals surface area contributed by atoms with Gasteiger partial charge in [-0.25, -0.2) is 4.98 Å². The second-order valence-corrected chi connectivity index (χ2v) is 18.8. The third-order valence-electron chi connectivity index (χ3n) is 9.11. The Morgan fingerprint density at radius 3 is 2.13 bits per heavy atom. The quantitative estimate of drug-likeness (QED) is 0.128. The summed E-state index contributed by atoms with van der Waals surface area (Å²) in [6, 6.07) is 15.1. The van der Waals surface area contributed by atoms with E-state index in [0.717, 1.165) is 24.5 Å². The smallest absolute Gasteiger partial charge is 0.258 e. The van der Waals surface area contributed by atoms with Crippen molar-refractivity contribution >= 4 is 36.4 Å². The minimum atomic E-state index is -2.07. The number of methoxy groups -OCH3 is 2. The van der Waals surface area contributed by atoms with E-state index in [2.05, 4.69) is 101 Å². The summed E-state index contributed by atoms with van der Waals surface area (Å²) in [5.74, 6) is 4.96. The molecule has 0 amide bonds. The lowest BCUT2D eigenvalue weighted by molar-refractivity contribution is 0.393. The molecule has 2 heterocycles. The van der Waals surface area contributed by atoms with Crippen LogP contribution in [0.4, 0.5) is 17.3 Å². The van der Waals surface area contributed by atoms with Crippen LogP contribution in [0.3, 0.4) is 0 Å².